The first-order valence-corrected chi connectivity index (χ1v) is 7.63. The molecule has 0 N–H and O–H groups in total. The van der Waals surface area contributed by atoms with E-state index in [1.807, 2.05) is 34.6 Å². The van der Waals surface area contributed by atoms with Crippen LogP contribution in [-0.2, 0) is 18.1 Å². The number of fused-ring (bicyclic) bond motifs is 1. The molecule has 0 atom stereocenters. The number of nitrogens with zero attached hydrogens (tertiary/aromatic N) is 2. The van der Waals surface area contributed by atoms with Gasteiger partial charge in [-0.3, -0.25) is 0 Å². The molecule has 2 nitrogen and oxygen atoms in total. The van der Waals surface area contributed by atoms with Crippen molar-refractivity contribution >= 4 is 39.3 Å². The number of thioether (sulfide) groups is 1. The fourth-order valence-corrected chi connectivity index (χ4v) is 3.72. The molecule has 0 bridgehead atoms. The maximum Gasteiger partial charge on any atom is 0.131 e. The van der Waals surface area contributed by atoms with Gasteiger partial charge >= 0.3 is 0 Å². The van der Waals surface area contributed by atoms with Gasteiger partial charge in [0.15, 0.2) is 0 Å². The Hall–Kier alpha value is -0.450. The van der Waals surface area contributed by atoms with E-state index >= 15 is 0 Å². The number of benzene rings is 1. The lowest BCUT2D eigenvalue weighted by atomic mass is 10.2. The van der Waals surface area contributed by atoms with Crippen molar-refractivity contribution in [3.05, 3.63) is 50.7 Å². The highest BCUT2D eigenvalue weighted by atomic mass is 79.9. The highest BCUT2D eigenvalue weighted by Gasteiger charge is 2.21. The molecule has 3 rings (SSSR count). The van der Waals surface area contributed by atoms with Gasteiger partial charge in [-0.15, -0.1) is 0 Å². The first-order chi connectivity index (χ1) is 8.25. The molecule has 0 saturated heterocycles. The molecule has 0 saturated carbocycles. The summed E-state index contributed by atoms with van der Waals surface area (Å²) in [4.78, 5) is 0. The summed E-state index contributed by atoms with van der Waals surface area (Å²) in [6.07, 6.45) is 0. The Morgan fingerprint density at radius 3 is 2.94 bits per heavy atom. The summed E-state index contributed by atoms with van der Waals surface area (Å²) >= 11 is 11.8. The summed E-state index contributed by atoms with van der Waals surface area (Å²) in [7, 11) is 0. The molecule has 1 aromatic carbocycles. The minimum absolute atomic E-state index is 0.720. The fourth-order valence-electron chi connectivity index (χ4n) is 1.93. The Balaban J connectivity index is 1.94. The molecular formula is C12H10BrClN2S. The molecule has 0 amide bonds. The lowest BCUT2D eigenvalue weighted by molar-refractivity contribution is 0.677. The van der Waals surface area contributed by atoms with E-state index in [4.69, 9.17) is 11.6 Å². The van der Waals surface area contributed by atoms with Crippen LogP contribution in [0.2, 0.25) is 5.15 Å². The second-order valence-electron chi connectivity index (χ2n) is 3.96. The maximum absolute atomic E-state index is 6.34. The van der Waals surface area contributed by atoms with Gasteiger partial charge in [-0.2, -0.15) is 16.9 Å². The summed E-state index contributed by atoms with van der Waals surface area (Å²) in [5.74, 6) is 1.97. The highest BCUT2D eigenvalue weighted by Crippen LogP contribution is 2.34. The Morgan fingerprint density at radius 2 is 2.18 bits per heavy atom. The van der Waals surface area contributed by atoms with E-state index in [0.717, 1.165) is 33.4 Å². The normalized spacial score (nSPS) is 14.0. The third-order valence-electron chi connectivity index (χ3n) is 2.83. The molecule has 0 aliphatic carbocycles. The Kier molecular flexibility index (Phi) is 3.19. The molecule has 1 aliphatic rings. The minimum Gasteiger partial charge on any atom is -0.249 e. The fraction of sp³-hybridized carbons (Fsp3) is 0.250. The standard InChI is InChI=1S/C12H10BrClN2S/c13-10-4-2-1-3-8(10)5-16-12(14)9-6-17-7-11(9)15-16/h1-4H,5-7H2. The van der Waals surface area contributed by atoms with Gasteiger partial charge in [0.05, 0.1) is 12.2 Å². The summed E-state index contributed by atoms with van der Waals surface area (Å²) in [5, 5.41) is 5.36. The van der Waals surface area contributed by atoms with Gasteiger partial charge in [0, 0.05) is 21.5 Å². The van der Waals surface area contributed by atoms with Gasteiger partial charge in [0.2, 0.25) is 0 Å². The molecular weight excluding hydrogens is 320 g/mol. The predicted molar refractivity (Wildman–Crippen MR) is 75.5 cm³/mol. The first kappa shape index (κ1) is 11.6. The molecule has 1 aromatic heterocycles. The van der Waals surface area contributed by atoms with Gasteiger partial charge in [0.1, 0.15) is 5.15 Å². The maximum atomic E-state index is 6.34. The van der Waals surface area contributed by atoms with Crippen LogP contribution < -0.4 is 0 Å². The van der Waals surface area contributed by atoms with E-state index in [-0.39, 0.29) is 0 Å². The van der Waals surface area contributed by atoms with E-state index in [1.165, 1.54) is 11.1 Å². The molecule has 0 unspecified atom stereocenters. The van der Waals surface area contributed by atoms with Crippen LogP contribution in [0, 0.1) is 0 Å². The van der Waals surface area contributed by atoms with Crippen molar-refractivity contribution in [2.45, 2.75) is 18.1 Å². The van der Waals surface area contributed by atoms with Crippen LogP contribution in [0.3, 0.4) is 0 Å². The van der Waals surface area contributed by atoms with Crippen LogP contribution in [0.5, 0.6) is 0 Å². The van der Waals surface area contributed by atoms with Crippen molar-refractivity contribution in [3.63, 3.8) is 0 Å². The first-order valence-electron chi connectivity index (χ1n) is 5.31. The van der Waals surface area contributed by atoms with Crippen molar-refractivity contribution in [2.24, 2.45) is 0 Å². The zero-order chi connectivity index (χ0) is 11.8. The number of hydrogen-bond donors (Lipinski definition) is 0. The number of halogens is 2. The second kappa shape index (κ2) is 4.67. The number of hydrogen-bond acceptors (Lipinski definition) is 2. The van der Waals surface area contributed by atoms with E-state index in [2.05, 4.69) is 27.1 Å². The van der Waals surface area contributed by atoms with Gasteiger partial charge in [-0.1, -0.05) is 45.7 Å². The van der Waals surface area contributed by atoms with Gasteiger partial charge < -0.3 is 0 Å². The summed E-state index contributed by atoms with van der Waals surface area (Å²) in [6.45, 7) is 0.720. The van der Waals surface area contributed by atoms with Crippen molar-refractivity contribution in [3.8, 4) is 0 Å². The lowest BCUT2D eigenvalue weighted by Crippen LogP contribution is -2.03. The topological polar surface area (TPSA) is 17.8 Å². The van der Waals surface area contributed by atoms with Crippen molar-refractivity contribution in [2.75, 3.05) is 0 Å². The van der Waals surface area contributed by atoms with Crippen molar-refractivity contribution in [1.29, 1.82) is 0 Å². The lowest BCUT2D eigenvalue weighted by Gasteiger charge is -2.06. The van der Waals surface area contributed by atoms with Crippen molar-refractivity contribution in [1.82, 2.24) is 9.78 Å². The van der Waals surface area contributed by atoms with E-state index < -0.39 is 0 Å². The largest absolute Gasteiger partial charge is 0.249 e. The molecule has 2 aromatic rings. The molecule has 2 heterocycles. The van der Waals surface area contributed by atoms with Gasteiger partial charge in [0.25, 0.3) is 0 Å². The summed E-state index contributed by atoms with van der Waals surface area (Å²) in [5.41, 5.74) is 3.55. The molecule has 1 aliphatic heterocycles. The molecule has 0 radical (unpaired) electrons. The third kappa shape index (κ3) is 2.14. The van der Waals surface area contributed by atoms with Crippen LogP contribution in [-0.4, -0.2) is 9.78 Å². The summed E-state index contributed by atoms with van der Waals surface area (Å²) in [6, 6.07) is 8.16. The smallest absolute Gasteiger partial charge is 0.131 e. The zero-order valence-corrected chi connectivity index (χ0v) is 12.1. The van der Waals surface area contributed by atoms with Crippen LogP contribution in [0.25, 0.3) is 0 Å². The Labute approximate surface area is 117 Å². The third-order valence-corrected chi connectivity index (χ3v) is 5.00. The molecule has 5 heteroatoms. The van der Waals surface area contributed by atoms with E-state index in [1.54, 1.807) is 0 Å². The average molecular weight is 330 g/mol. The predicted octanol–water partition coefficient (Wildman–Crippen LogP) is 4.09. The molecule has 0 fully saturated rings. The second-order valence-corrected chi connectivity index (χ2v) is 6.16. The van der Waals surface area contributed by atoms with E-state index in [0.29, 0.717) is 0 Å². The minimum atomic E-state index is 0.720. The van der Waals surface area contributed by atoms with Crippen LogP contribution in [0.1, 0.15) is 16.8 Å². The number of aromatic nitrogens is 2. The SMILES string of the molecule is Clc1c2c(nn1Cc1ccccc1Br)CSC2. The Bertz CT molecular complexity index is 568. The monoisotopic (exact) mass is 328 g/mol. The number of rotatable bonds is 2. The molecule has 0 spiro atoms. The highest BCUT2D eigenvalue weighted by molar-refractivity contribution is 9.10. The van der Waals surface area contributed by atoms with E-state index in [9.17, 15) is 0 Å². The van der Waals surface area contributed by atoms with Crippen LogP contribution in [0.4, 0.5) is 0 Å². The average Bonchev–Trinajstić information content (AvgIpc) is 2.87. The molecule has 17 heavy (non-hydrogen) atoms. The quantitative estimate of drug-likeness (QED) is 0.825. The van der Waals surface area contributed by atoms with Gasteiger partial charge in [-0.05, 0) is 11.6 Å². The summed E-state index contributed by atoms with van der Waals surface area (Å²) < 4.78 is 2.99. The molecule has 88 valence electrons. The Morgan fingerprint density at radius 1 is 1.35 bits per heavy atom. The van der Waals surface area contributed by atoms with Crippen LogP contribution >= 0.6 is 39.3 Å². The zero-order valence-electron chi connectivity index (χ0n) is 8.99. The van der Waals surface area contributed by atoms with Crippen LogP contribution in [0.15, 0.2) is 28.7 Å². The van der Waals surface area contributed by atoms with Crippen molar-refractivity contribution < 1.29 is 0 Å². The van der Waals surface area contributed by atoms with Gasteiger partial charge in [-0.25, -0.2) is 4.68 Å².